The standard InChI is InChI=1S/C19H30N2O6Si2/c1-22-28(23-2,24-3)20-19(17-13-9-7-10-14-17,18-15-11-8-12-16-18)21-29(25-4,26-5)27-6/h7-16,20-21H,1-6H3. The molecule has 0 radical (unpaired) electrons. The molecule has 0 spiro atoms. The van der Waals surface area contributed by atoms with Gasteiger partial charge in [-0.1, -0.05) is 60.7 Å². The summed E-state index contributed by atoms with van der Waals surface area (Å²) in [4.78, 5) is 6.95. The molecule has 2 N–H and O–H groups in total. The molecule has 10 heteroatoms. The quantitative estimate of drug-likeness (QED) is 0.384. The monoisotopic (exact) mass is 438 g/mol. The Bertz CT molecular complexity index is 650. The van der Waals surface area contributed by atoms with Crippen molar-refractivity contribution < 1.29 is 26.6 Å². The summed E-state index contributed by atoms with van der Waals surface area (Å²) in [5.41, 5.74) is 0.680. The lowest BCUT2D eigenvalue weighted by atomic mass is 9.93. The second-order valence-corrected chi connectivity index (χ2v) is 11.2. The van der Waals surface area contributed by atoms with Crippen LogP contribution in [-0.2, 0) is 32.2 Å². The molecular formula is C19H30N2O6Si2. The Morgan fingerprint density at radius 2 is 0.793 bits per heavy atom. The molecule has 0 aliphatic heterocycles. The smallest absolute Gasteiger partial charge is 0.364 e. The van der Waals surface area contributed by atoms with Crippen molar-refractivity contribution in [1.82, 2.24) is 9.96 Å². The summed E-state index contributed by atoms with van der Waals surface area (Å²) in [7, 11) is 2.63. The Morgan fingerprint density at radius 1 is 0.517 bits per heavy atom. The Labute approximate surface area is 174 Å². The third-order valence-electron chi connectivity index (χ3n) is 4.71. The third kappa shape index (κ3) is 5.01. The maximum atomic E-state index is 5.69. The van der Waals surface area contributed by atoms with Crippen LogP contribution in [0.3, 0.4) is 0 Å². The maximum Gasteiger partial charge on any atom is 0.598 e. The minimum atomic E-state index is -3.31. The fourth-order valence-electron chi connectivity index (χ4n) is 3.13. The predicted molar refractivity (Wildman–Crippen MR) is 113 cm³/mol. The molecule has 0 heterocycles. The normalized spacial score (nSPS) is 12.9. The van der Waals surface area contributed by atoms with Crippen molar-refractivity contribution >= 4 is 17.9 Å². The first-order valence-corrected chi connectivity index (χ1v) is 12.4. The molecule has 0 unspecified atom stereocenters. The van der Waals surface area contributed by atoms with Crippen LogP contribution in [0.15, 0.2) is 60.7 Å². The Kier molecular flexibility index (Phi) is 8.66. The summed E-state index contributed by atoms with van der Waals surface area (Å²) in [6, 6.07) is 19.6. The highest BCUT2D eigenvalue weighted by Crippen LogP contribution is 2.31. The van der Waals surface area contributed by atoms with Crippen LogP contribution in [-0.4, -0.2) is 60.6 Å². The zero-order valence-corrected chi connectivity index (χ0v) is 19.7. The van der Waals surface area contributed by atoms with Crippen LogP contribution in [0.25, 0.3) is 0 Å². The Hall–Kier alpha value is -1.45. The Balaban J connectivity index is 2.78. The molecule has 0 aliphatic carbocycles. The molecule has 0 atom stereocenters. The van der Waals surface area contributed by atoms with Gasteiger partial charge in [-0.2, -0.15) is 0 Å². The molecule has 0 aromatic heterocycles. The first kappa shape index (κ1) is 23.8. The van der Waals surface area contributed by atoms with Crippen molar-refractivity contribution in [2.45, 2.75) is 5.66 Å². The van der Waals surface area contributed by atoms with Crippen molar-refractivity contribution in [2.75, 3.05) is 42.7 Å². The second-order valence-electron chi connectivity index (χ2n) is 6.07. The van der Waals surface area contributed by atoms with Gasteiger partial charge >= 0.3 is 17.9 Å². The number of benzene rings is 2. The molecule has 2 aromatic rings. The maximum absolute atomic E-state index is 5.69. The molecule has 2 aromatic carbocycles. The summed E-state index contributed by atoms with van der Waals surface area (Å²) in [5, 5.41) is 0. The van der Waals surface area contributed by atoms with Crippen LogP contribution in [0.2, 0.25) is 0 Å². The van der Waals surface area contributed by atoms with Gasteiger partial charge in [-0.3, -0.25) is 0 Å². The van der Waals surface area contributed by atoms with E-state index >= 15 is 0 Å². The van der Waals surface area contributed by atoms with E-state index in [4.69, 9.17) is 26.6 Å². The van der Waals surface area contributed by atoms with E-state index in [0.717, 1.165) is 11.1 Å². The van der Waals surface area contributed by atoms with Crippen LogP contribution in [0.4, 0.5) is 0 Å². The summed E-state index contributed by atoms with van der Waals surface area (Å²) in [6.45, 7) is 0. The van der Waals surface area contributed by atoms with Gasteiger partial charge in [0.1, 0.15) is 5.66 Å². The predicted octanol–water partition coefficient (Wildman–Crippen LogP) is 1.82. The summed E-state index contributed by atoms with van der Waals surface area (Å²) in [5.74, 6) is 0. The lowest BCUT2D eigenvalue weighted by Crippen LogP contribution is -2.75. The van der Waals surface area contributed by atoms with E-state index in [9.17, 15) is 0 Å². The SMILES string of the molecule is CO[Si](NC(N[Si](OC)(OC)OC)(c1ccccc1)c1ccccc1)(OC)OC. The molecular weight excluding hydrogens is 408 g/mol. The fourth-order valence-corrected chi connectivity index (χ4v) is 6.49. The van der Waals surface area contributed by atoms with Crippen molar-refractivity contribution in [1.29, 1.82) is 0 Å². The van der Waals surface area contributed by atoms with Gasteiger partial charge in [-0.05, 0) is 11.1 Å². The van der Waals surface area contributed by atoms with Gasteiger partial charge in [-0.25, -0.2) is 9.96 Å². The van der Waals surface area contributed by atoms with E-state index in [2.05, 4.69) is 9.96 Å². The van der Waals surface area contributed by atoms with Gasteiger partial charge in [0, 0.05) is 42.7 Å². The van der Waals surface area contributed by atoms with E-state index in [1.54, 1.807) is 42.7 Å². The van der Waals surface area contributed by atoms with Gasteiger partial charge in [0.25, 0.3) is 0 Å². The first-order valence-electron chi connectivity index (χ1n) is 9.00. The van der Waals surface area contributed by atoms with E-state index < -0.39 is 23.6 Å². The van der Waals surface area contributed by atoms with Crippen LogP contribution in [0.5, 0.6) is 0 Å². The molecule has 29 heavy (non-hydrogen) atoms. The summed E-state index contributed by atoms with van der Waals surface area (Å²) in [6.07, 6.45) is 0. The van der Waals surface area contributed by atoms with Crippen LogP contribution >= 0.6 is 0 Å². The lowest BCUT2D eigenvalue weighted by molar-refractivity contribution is 0.0746. The van der Waals surface area contributed by atoms with E-state index in [1.165, 1.54) is 0 Å². The van der Waals surface area contributed by atoms with Gasteiger partial charge < -0.3 is 26.6 Å². The van der Waals surface area contributed by atoms with E-state index in [-0.39, 0.29) is 0 Å². The topological polar surface area (TPSA) is 79.4 Å². The zero-order valence-electron chi connectivity index (χ0n) is 17.7. The molecule has 0 amide bonds. The average Bonchev–Trinajstić information content (AvgIpc) is 2.81. The molecule has 2 rings (SSSR count). The van der Waals surface area contributed by atoms with Crippen LogP contribution in [0, 0.1) is 0 Å². The first-order chi connectivity index (χ1) is 14.0. The number of rotatable bonds is 12. The number of hydrogen-bond acceptors (Lipinski definition) is 8. The largest absolute Gasteiger partial charge is 0.598 e. The highest BCUT2D eigenvalue weighted by atomic mass is 28.4. The summed E-state index contributed by atoms with van der Waals surface area (Å²) >= 11 is 0. The molecule has 160 valence electrons. The van der Waals surface area contributed by atoms with Crippen molar-refractivity contribution in [3.63, 3.8) is 0 Å². The van der Waals surface area contributed by atoms with E-state index in [1.807, 2.05) is 60.7 Å². The summed E-state index contributed by atoms with van der Waals surface area (Å²) < 4.78 is 34.1. The minimum absolute atomic E-state index is 0.872. The van der Waals surface area contributed by atoms with Gasteiger partial charge in [0.2, 0.25) is 0 Å². The zero-order chi connectivity index (χ0) is 21.4. The highest BCUT2D eigenvalue weighted by Gasteiger charge is 2.55. The molecule has 0 fully saturated rings. The van der Waals surface area contributed by atoms with Gasteiger partial charge in [0.05, 0.1) is 0 Å². The lowest BCUT2D eigenvalue weighted by Gasteiger charge is -2.44. The van der Waals surface area contributed by atoms with Gasteiger partial charge in [-0.15, -0.1) is 0 Å². The van der Waals surface area contributed by atoms with Crippen LogP contribution in [0.1, 0.15) is 11.1 Å². The number of nitrogens with one attached hydrogen (secondary N) is 2. The Morgan fingerprint density at radius 3 is 1.03 bits per heavy atom. The molecule has 0 saturated carbocycles. The average molecular weight is 439 g/mol. The molecule has 0 bridgehead atoms. The highest BCUT2D eigenvalue weighted by molar-refractivity contribution is 6.59. The van der Waals surface area contributed by atoms with Crippen LogP contribution < -0.4 is 9.96 Å². The fraction of sp³-hybridized carbons (Fsp3) is 0.368. The van der Waals surface area contributed by atoms with Crippen molar-refractivity contribution in [3.05, 3.63) is 71.8 Å². The van der Waals surface area contributed by atoms with Gasteiger partial charge in [0.15, 0.2) is 0 Å². The number of hydrogen-bond donors (Lipinski definition) is 2. The third-order valence-corrected chi connectivity index (χ3v) is 9.29. The van der Waals surface area contributed by atoms with E-state index in [0.29, 0.717) is 0 Å². The van der Waals surface area contributed by atoms with Crippen molar-refractivity contribution in [3.8, 4) is 0 Å². The molecule has 0 saturated heterocycles. The second kappa shape index (κ2) is 10.5. The van der Waals surface area contributed by atoms with Crippen molar-refractivity contribution in [2.24, 2.45) is 0 Å². The molecule has 8 nitrogen and oxygen atoms in total. The molecule has 0 aliphatic rings. The minimum Gasteiger partial charge on any atom is -0.364 e.